The molecule has 0 atom stereocenters. The Balaban J connectivity index is 2.31. The monoisotopic (exact) mass is 247 g/mol. The van der Waals surface area contributed by atoms with E-state index in [-0.39, 0.29) is 0 Å². The van der Waals surface area contributed by atoms with Crippen LogP contribution >= 0.6 is 0 Å². The maximum absolute atomic E-state index is 5.33. The van der Waals surface area contributed by atoms with E-state index in [1.54, 1.807) is 18.9 Å². The van der Waals surface area contributed by atoms with Crippen LogP contribution in [0.25, 0.3) is 0 Å². The summed E-state index contributed by atoms with van der Waals surface area (Å²) in [5.41, 5.74) is 3.06. The van der Waals surface area contributed by atoms with Crippen LogP contribution in [0, 0.1) is 13.8 Å². The molecule has 0 aliphatic rings. The summed E-state index contributed by atoms with van der Waals surface area (Å²) < 4.78 is 12.4. The summed E-state index contributed by atoms with van der Waals surface area (Å²) >= 11 is 0. The highest BCUT2D eigenvalue weighted by Gasteiger charge is 2.09. The Bertz CT molecular complexity index is 549. The number of aryl methyl sites for hydroxylation is 2. The van der Waals surface area contributed by atoms with E-state index in [1.807, 2.05) is 26.1 Å². The Morgan fingerprint density at radius 3 is 2.50 bits per heavy atom. The molecule has 0 spiro atoms. The number of aromatic nitrogens is 3. The van der Waals surface area contributed by atoms with Gasteiger partial charge in [0, 0.05) is 6.20 Å². The molecular weight excluding hydrogens is 230 g/mol. The van der Waals surface area contributed by atoms with Crippen molar-refractivity contribution in [1.29, 1.82) is 0 Å². The lowest BCUT2D eigenvalue weighted by Gasteiger charge is -2.12. The molecule has 1 heterocycles. The summed E-state index contributed by atoms with van der Waals surface area (Å²) in [5, 5.41) is 8.00. The predicted molar refractivity (Wildman–Crippen MR) is 68.1 cm³/mol. The molecule has 1 aromatic carbocycles. The lowest BCUT2D eigenvalue weighted by Crippen LogP contribution is -2.02. The van der Waals surface area contributed by atoms with Crippen LogP contribution in [0.15, 0.2) is 18.3 Å². The second kappa shape index (κ2) is 5.08. The molecule has 2 aromatic rings. The molecule has 2 rings (SSSR count). The van der Waals surface area contributed by atoms with Crippen LogP contribution in [0.3, 0.4) is 0 Å². The first kappa shape index (κ1) is 12.4. The molecule has 5 nitrogen and oxygen atoms in total. The van der Waals surface area contributed by atoms with Crippen molar-refractivity contribution in [2.24, 2.45) is 0 Å². The minimum atomic E-state index is 0.669. The largest absolute Gasteiger partial charge is 0.493 e. The van der Waals surface area contributed by atoms with Crippen LogP contribution in [-0.4, -0.2) is 29.2 Å². The Kier molecular flexibility index (Phi) is 3.50. The van der Waals surface area contributed by atoms with E-state index in [2.05, 4.69) is 16.4 Å². The number of hydrogen-bond acceptors (Lipinski definition) is 4. The molecule has 1 aromatic heterocycles. The zero-order valence-corrected chi connectivity index (χ0v) is 11.1. The van der Waals surface area contributed by atoms with Gasteiger partial charge in [-0.15, -0.1) is 5.10 Å². The molecule has 0 aliphatic heterocycles. The Labute approximate surface area is 106 Å². The highest BCUT2D eigenvalue weighted by atomic mass is 16.5. The average molecular weight is 247 g/mol. The summed E-state index contributed by atoms with van der Waals surface area (Å²) in [6, 6.07) is 4.03. The van der Waals surface area contributed by atoms with Crippen molar-refractivity contribution in [3.05, 3.63) is 35.2 Å². The molecule has 96 valence electrons. The molecule has 0 saturated carbocycles. The van der Waals surface area contributed by atoms with Gasteiger partial charge < -0.3 is 9.47 Å². The van der Waals surface area contributed by atoms with Gasteiger partial charge in [0.1, 0.15) is 0 Å². The number of methoxy groups -OCH3 is 2. The molecule has 0 radical (unpaired) electrons. The fourth-order valence-electron chi connectivity index (χ4n) is 1.98. The van der Waals surface area contributed by atoms with E-state index in [0.717, 1.165) is 28.3 Å². The van der Waals surface area contributed by atoms with Crippen LogP contribution < -0.4 is 9.47 Å². The lowest BCUT2D eigenvalue weighted by atomic mass is 10.1. The van der Waals surface area contributed by atoms with E-state index in [4.69, 9.17) is 9.47 Å². The minimum Gasteiger partial charge on any atom is -0.493 e. The molecule has 0 unspecified atom stereocenters. The topological polar surface area (TPSA) is 49.2 Å². The number of rotatable bonds is 4. The Hall–Kier alpha value is -2.04. The van der Waals surface area contributed by atoms with Crippen molar-refractivity contribution in [2.75, 3.05) is 14.2 Å². The van der Waals surface area contributed by atoms with Crippen molar-refractivity contribution >= 4 is 0 Å². The fraction of sp³-hybridized carbons (Fsp3) is 0.385. The van der Waals surface area contributed by atoms with Gasteiger partial charge in [-0.2, -0.15) is 0 Å². The third-order valence-electron chi connectivity index (χ3n) is 2.72. The van der Waals surface area contributed by atoms with E-state index in [0.29, 0.717) is 6.54 Å². The molecule has 0 amide bonds. The van der Waals surface area contributed by atoms with Gasteiger partial charge in [-0.3, -0.25) is 0 Å². The van der Waals surface area contributed by atoms with Gasteiger partial charge in [0.2, 0.25) is 0 Å². The highest BCUT2D eigenvalue weighted by molar-refractivity contribution is 5.48. The van der Waals surface area contributed by atoms with E-state index in [1.165, 1.54) is 0 Å². The first-order valence-electron chi connectivity index (χ1n) is 5.72. The second-order valence-corrected chi connectivity index (χ2v) is 4.21. The van der Waals surface area contributed by atoms with Crippen molar-refractivity contribution in [3.8, 4) is 11.5 Å². The molecule has 0 bridgehead atoms. The predicted octanol–water partition coefficient (Wildman–Crippen LogP) is 1.96. The molecule has 0 fully saturated rings. The normalized spacial score (nSPS) is 10.4. The molecule has 0 N–H and O–H groups in total. The van der Waals surface area contributed by atoms with Gasteiger partial charge in [-0.25, -0.2) is 4.68 Å². The van der Waals surface area contributed by atoms with Gasteiger partial charge in [0.15, 0.2) is 11.5 Å². The first-order valence-corrected chi connectivity index (χ1v) is 5.72. The van der Waals surface area contributed by atoms with Crippen molar-refractivity contribution < 1.29 is 9.47 Å². The van der Waals surface area contributed by atoms with Gasteiger partial charge in [0.25, 0.3) is 0 Å². The van der Waals surface area contributed by atoms with E-state index < -0.39 is 0 Å². The minimum absolute atomic E-state index is 0.669. The molecule has 0 aliphatic carbocycles. The van der Waals surface area contributed by atoms with Gasteiger partial charge in [-0.1, -0.05) is 11.3 Å². The van der Waals surface area contributed by atoms with Crippen molar-refractivity contribution in [3.63, 3.8) is 0 Å². The molecule has 5 heteroatoms. The summed E-state index contributed by atoms with van der Waals surface area (Å²) in [5.74, 6) is 1.51. The summed E-state index contributed by atoms with van der Waals surface area (Å²) in [6.07, 6.45) is 1.91. The summed E-state index contributed by atoms with van der Waals surface area (Å²) in [7, 11) is 3.28. The van der Waals surface area contributed by atoms with Crippen LogP contribution in [0.4, 0.5) is 0 Å². The number of hydrogen-bond donors (Lipinski definition) is 0. The molecule has 18 heavy (non-hydrogen) atoms. The Morgan fingerprint density at radius 1 is 1.17 bits per heavy atom. The number of ether oxygens (including phenoxy) is 2. The fourth-order valence-corrected chi connectivity index (χ4v) is 1.98. The second-order valence-electron chi connectivity index (χ2n) is 4.21. The molecular formula is C13H17N3O2. The van der Waals surface area contributed by atoms with Gasteiger partial charge >= 0.3 is 0 Å². The maximum Gasteiger partial charge on any atom is 0.163 e. The van der Waals surface area contributed by atoms with E-state index in [9.17, 15) is 0 Å². The third-order valence-corrected chi connectivity index (χ3v) is 2.72. The zero-order valence-electron chi connectivity index (χ0n) is 11.1. The number of benzene rings is 1. The van der Waals surface area contributed by atoms with Crippen molar-refractivity contribution in [2.45, 2.75) is 20.4 Å². The van der Waals surface area contributed by atoms with Crippen LogP contribution in [0.5, 0.6) is 11.5 Å². The quantitative estimate of drug-likeness (QED) is 0.828. The standard InChI is InChI=1S/C13H17N3O2/c1-9-5-11(6-12(17-3)13(9)18-4)8-16-7-10(2)14-15-16/h5-7H,8H2,1-4H3. The smallest absolute Gasteiger partial charge is 0.163 e. The van der Waals surface area contributed by atoms with Crippen molar-refractivity contribution in [1.82, 2.24) is 15.0 Å². The van der Waals surface area contributed by atoms with Crippen LogP contribution in [-0.2, 0) is 6.54 Å². The van der Waals surface area contributed by atoms with Crippen LogP contribution in [0.1, 0.15) is 16.8 Å². The first-order chi connectivity index (χ1) is 8.63. The zero-order chi connectivity index (χ0) is 13.1. The van der Waals surface area contributed by atoms with E-state index >= 15 is 0 Å². The van der Waals surface area contributed by atoms with Crippen LogP contribution in [0.2, 0.25) is 0 Å². The third kappa shape index (κ3) is 2.45. The lowest BCUT2D eigenvalue weighted by molar-refractivity contribution is 0.352. The highest BCUT2D eigenvalue weighted by Crippen LogP contribution is 2.32. The Morgan fingerprint density at radius 2 is 1.94 bits per heavy atom. The maximum atomic E-state index is 5.33. The average Bonchev–Trinajstić information content (AvgIpc) is 2.74. The summed E-state index contributed by atoms with van der Waals surface area (Å²) in [6.45, 7) is 4.59. The summed E-state index contributed by atoms with van der Waals surface area (Å²) in [4.78, 5) is 0. The SMILES string of the molecule is COc1cc(Cn2cc(C)nn2)cc(C)c1OC. The molecule has 0 saturated heterocycles. The van der Waals surface area contributed by atoms with Gasteiger partial charge in [-0.05, 0) is 31.0 Å². The number of nitrogens with zero attached hydrogens (tertiary/aromatic N) is 3. The van der Waals surface area contributed by atoms with Gasteiger partial charge in [0.05, 0.1) is 26.5 Å².